The van der Waals surface area contributed by atoms with E-state index in [0.717, 1.165) is 11.3 Å². The van der Waals surface area contributed by atoms with Gasteiger partial charge < -0.3 is 4.90 Å². The monoisotopic (exact) mass is 211 g/mol. The highest BCUT2D eigenvalue weighted by molar-refractivity contribution is 6.30. The lowest BCUT2D eigenvalue weighted by molar-refractivity contribution is -0.116. The second-order valence-electron chi connectivity index (χ2n) is 3.55. The normalized spacial score (nSPS) is 10.0. The summed E-state index contributed by atoms with van der Waals surface area (Å²) in [5.74, 6) is 0.162. The molecule has 0 radical (unpaired) electrons. The summed E-state index contributed by atoms with van der Waals surface area (Å²) in [6.07, 6.45) is 0.463. The standard InChI is InChI=1S/C11H14ClNO/c1-8(14)6-9-4-5-10(12)7-11(9)13(2)3/h4-5,7H,6H2,1-3H3. The Morgan fingerprint density at radius 1 is 1.43 bits per heavy atom. The number of ketones is 1. The molecule has 0 bridgehead atoms. The Hall–Kier alpha value is -1.02. The first-order valence-corrected chi connectivity index (χ1v) is 4.83. The zero-order valence-corrected chi connectivity index (χ0v) is 9.43. The number of hydrogen-bond donors (Lipinski definition) is 0. The van der Waals surface area contributed by atoms with E-state index < -0.39 is 0 Å². The first kappa shape index (κ1) is 11.1. The molecule has 1 aromatic carbocycles. The molecule has 0 aromatic heterocycles. The fraction of sp³-hybridized carbons (Fsp3) is 0.364. The minimum Gasteiger partial charge on any atom is -0.377 e. The van der Waals surface area contributed by atoms with Crippen LogP contribution in [-0.2, 0) is 11.2 Å². The van der Waals surface area contributed by atoms with Gasteiger partial charge in [0.2, 0.25) is 0 Å². The first-order valence-electron chi connectivity index (χ1n) is 4.46. The molecule has 0 atom stereocenters. The molecule has 0 fully saturated rings. The third-order valence-corrected chi connectivity index (χ3v) is 2.20. The highest BCUT2D eigenvalue weighted by Crippen LogP contribution is 2.23. The lowest BCUT2D eigenvalue weighted by Gasteiger charge is -2.17. The van der Waals surface area contributed by atoms with Crippen LogP contribution in [0.4, 0.5) is 5.69 Å². The molecule has 0 heterocycles. The largest absolute Gasteiger partial charge is 0.377 e. The third-order valence-electron chi connectivity index (χ3n) is 1.97. The Morgan fingerprint density at radius 2 is 2.07 bits per heavy atom. The molecule has 1 rings (SSSR count). The van der Waals surface area contributed by atoms with Crippen molar-refractivity contribution in [3.63, 3.8) is 0 Å². The summed E-state index contributed by atoms with van der Waals surface area (Å²) < 4.78 is 0. The Bertz CT molecular complexity index is 347. The van der Waals surface area contributed by atoms with Crippen LogP contribution in [0.5, 0.6) is 0 Å². The van der Waals surface area contributed by atoms with Gasteiger partial charge in [-0.25, -0.2) is 0 Å². The summed E-state index contributed by atoms with van der Waals surface area (Å²) in [5.41, 5.74) is 2.03. The summed E-state index contributed by atoms with van der Waals surface area (Å²) in [4.78, 5) is 13.0. The minimum absolute atomic E-state index is 0.162. The van der Waals surface area contributed by atoms with Crippen LogP contribution in [0.2, 0.25) is 5.02 Å². The molecule has 0 unspecified atom stereocenters. The van der Waals surface area contributed by atoms with Gasteiger partial charge in [0.15, 0.2) is 0 Å². The van der Waals surface area contributed by atoms with Crippen LogP contribution in [0.3, 0.4) is 0 Å². The van der Waals surface area contributed by atoms with E-state index >= 15 is 0 Å². The zero-order valence-electron chi connectivity index (χ0n) is 8.67. The third kappa shape index (κ3) is 2.74. The molecule has 0 aliphatic carbocycles. The Kier molecular flexibility index (Phi) is 3.53. The van der Waals surface area contributed by atoms with Crippen LogP contribution < -0.4 is 4.90 Å². The summed E-state index contributed by atoms with van der Waals surface area (Å²) in [6.45, 7) is 1.59. The number of rotatable bonds is 3. The van der Waals surface area contributed by atoms with Crippen LogP contribution in [0, 0.1) is 0 Å². The first-order chi connectivity index (χ1) is 6.50. The van der Waals surface area contributed by atoms with Gasteiger partial charge in [-0.05, 0) is 24.6 Å². The molecule has 2 nitrogen and oxygen atoms in total. The maximum absolute atomic E-state index is 11.0. The molecule has 0 saturated carbocycles. The maximum Gasteiger partial charge on any atom is 0.134 e. The lowest BCUT2D eigenvalue weighted by atomic mass is 10.1. The van der Waals surface area contributed by atoms with Crippen molar-refractivity contribution in [1.29, 1.82) is 0 Å². The van der Waals surface area contributed by atoms with Gasteiger partial charge in [-0.2, -0.15) is 0 Å². The molecule has 0 N–H and O–H groups in total. The number of carbonyl (C=O) groups excluding carboxylic acids is 1. The second kappa shape index (κ2) is 4.47. The van der Waals surface area contributed by atoms with Crippen molar-refractivity contribution < 1.29 is 4.79 Å². The van der Waals surface area contributed by atoms with Gasteiger partial charge in [0.05, 0.1) is 0 Å². The van der Waals surface area contributed by atoms with Gasteiger partial charge in [-0.3, -0.25) is 4.79 Å². The van der Waals surface area contributed by atoms with Gasteiger partial charge in [-0.1, -0.05) is 17.7 Å². The molecule has 0 spiro atoms. The van der Waals surface area contributed by atoms with Gasteiger partial charge in [0.1, 0.15) is 5.78 Å². The van der Waals surface area contributed by atoms with Gasteiger partial charge in [0.25, 0.3) is 0 Å². The van der Waals surface area contributed by atoms with Crippen molar-refractivity contribution >= 4 is 23.1 Å². The molecule has 1 aromatic rings. The maximum atomic E-state index is 11.0. The number of nitrogens with zero attached hydrogens (tertiary/aromatic N) is 1. The Balaban J connectivity index is 3.08. The van der Waals surface area contributed by atoms with Gasteiger partial charge in [-0.15, -0.1) is 0 Å². The van der Waals surface area contributed by atoms with E-state index in [1.165, 1.54) is 0 Å². The highest BCUT2D eigenvalue weighted by Gasteiger charge is 2.07. The Labute approximate surface area is 89.5 Å². The number of halogens is 1. The predicted octanol–water partition coefficient (Wildman–Crippen LogP) is 2.54. The van der Waals surface area contributed by atoms with E-state index in [2.05, 4.69) is 0 Å². The van der Waals surface area contributed by atoms with E-state index in [1.807, 2.05) is 37.2 Å². The molecule has 76 valence electrons. The zero-order chi connectivity index (χ0) is 10.7. The van der Waals surface area contributed by atoms with Crippen LogP contribution in [0.25, 0.3) is 0 Å². The fourth-order valence-corrected chi connectivity index (χ4v) is 1.54. The van der Waals surface area contributed by atoms with E-state index in [-0.39, 0.29) is 5.78 Å². The van der Waals surface area contributed by atoms with E-state index in [1.54, 1.807) is 6.92 Å². The quantitative estimate of drug-likeness (QED) is 0.766. The Morgan fingerprint density at radius 3 is 2.57 bits per heavy atom. The average molecular weight is 212 g/mol. The summed E-state index contributed by atoms with van der Waals surface area (Å²) >= 11 is 5.89. The summed E-state index contributed by atoms with van der Waals surface area (Å²) in [6, 6.07) is 5.59. The number of benzene rings is 1. The number of anilines is 1. The molecule has 0 aliphatic heterocycles. The van der Waals surface area contributed by atoms with Gasteiger partial charge >= 0.3 is 0 Å². The predicted molar refractivity (Wildman–Crippen MR) is 60.2 cm³/mol. The number of carbonyl (C=O) groups is 1. The fourth-order valence-electron chi connectivity index (χ4n) is 1.37. The van der Waals surface area contributed by atoms with E-state index in [0.29, 0.717) is 11.4 Å². The van der Waals surface area contributed by atoms with Crippen LogP contribution in [-0.4, -0.2) is 19.9 Å². The second-order valence-corrected chi connectivity index (χ2v) is 3.98. The van der Waals surface area contributed by atoms with E-state index in [9.17, 15) is 4.79 Å². The summed E-state index contributed by atoms with van der Waals surface area (Å²) in [7, 11) is 3.88. The average Bonchev–Trinajstić information content (AvgIpc) is 2.07. The number of Topliss-reactive ketones (excluding diaryl/α,β-unsaturated/α-hetero) is 1. The molecule has 0 saturated heterocycles. The smallest absolute Gasteiger partial charge is 0.134 e. The molecule has 0 amide bonds. The van der Waals surface area contributed by atoms with Crippen LogP contribution >= 0.6 is 11.6 Å². The lowest BCUT2D eigenvalue weighted by Crippen LogP contribution is -2.12. The minimum atomic E-state index is 0.162. The highest BCUT2D eigenvalue weighted by atomic mass is 35.5. The van der Waals surface area contributed by atoms with Crippen molar-refractivity contribution in [2.75, 3.05) is 19.0 Å². The molecule has 0 aliphatic rings. The van der Waals surface area contributed by atoms with Crippen molar-refractivity contribution in [1.82, 2.24) is 0 Å². The van der Waals surface area contributed by atoms with E-state index in [4.69, 9.17) is 11.6 Å². The molecule has 3 heteroatoms. The molecular weight excluding hydrogens is 198 g/mol. The van der Waals surface area contributed by atoms with Crippen molar-refractivity contribution in [2.24, 2.45) is 0 Å². The van der Waals surface area contributed by atoms with Crippen LogP contribution in [0.1, 0.15) is 12.5 Å². The number of hydrogen-bond acceptors (Lipinski definition) is 2. The van der Waals surface area contributed by atoms with Gasteiger partial charge in [0, 0.05) is 31.2 Å². The van der Waals surface area contributed by atoms with Crippen molar-refractivity contribution in [2.45, 2.75) is 13.3 Å². The van der Waals surface area contributed by atoms with Crippen LogP contribution in [0.15, 0.2) is 18.2 Å². The van der Waals surface area contributed by atoms with Crippen molar-refractivity contribution in [3.05, 3.63) is 28.8 Å². The summed E-state index contributed by atoms with van der Waals surface area (Å²) in [5, 5.41) is 0.695. The molecular formula is C11H14ClNO. The topological polar surface area (TPSA) is 20.3 Å². The SMILES string of the molecule is CC(=O)Cc1ccc(Cl)cc1N(C)C. The van der Waals surface area contributed by atoms with Crippen molar-refractivity contribution in [3.8, 4) is 0 Å². The molecule has 14 heavy (non-hydrogen) atoms.